The molecule has 3 N–H and O–H groups in total. The molecule has 8 nitrogen and oxygen atoms in total. The number of anilines is 1. The summed E-state index contributed by atoms with van der Waals surface area (Å²) in [5, 5.41) is 2.97. The summed E-state index contributed by atoms with van der Waals surface area (Å²) in [6.07, 6.45) is 2.09. The van der Waals surface area contributed by atoms with E-state index < -0.39 is 17.9 Å². The van der Waals surface area contributed by atoms with Gasteiger partial charge in [0, 0.05) is 13.0 Å². The third kappa shape index (κ3) is 5.28. The van der Waals surface area contributed by atoms with Gasteiger partial charge in [0.25, 0.3) is 11.8 Å². The Morgan fingerprint density at radius 1 is 1.03 bits per heavy atom. The monoisotopic (exact) mass is 410 g/mol. The Kier molecular flexibility index (Phi) is 7.26. The van der Waals surface area contributed by atoms with E-state index >= 15 is 0 Å². The number of nitrogens with one attached hydrogen (secondary N) is 3. The van der Waals surface area contributed by atoms with E-state index in [4.69, 9.17) is 4.74 Å². The van der Waals surface area contributed by atoms with Gasteiger partial charge in [0.2, 0.25) is 5.91 Å². The average molecular weight is 410 g/mol. The molecule has 2 aromatic rings. The van der Waals surface area contributed by atoms with Gasteiger partial charge in [-0.3, -0.25) is 25.2 Å². The number of hydrogen-bond donors (Lipinski definition) is 3. The summed E-state index contributed by atoms with van der Waals surface area (Å²) in [4.78, 5) is 39.1. The van der Waals surface area contributed by atoms with Crippen molar-refractivity contribution in [1.29, 1.82) is 0 Å². The molecule has 0 aromatic heterocycles. The lowest BCUT2D eigenvalue weighted by molar-refractivity contribution is -0.143. The fraction of sp³-hybridized carbons (Fsp3) is 0.318. The number of benzene rings is 2. The molecule has 3 amide bonds. The highest BCUT2D eigenvalue weighted by Gasteiger charge is 2.32. The zero-order valence-corrected chi connectivity index (χ0v) is 16.9. The van der Waals surface area contributed by atoms with Crippen LogP contribution < -0.4 is 20.9 Å². The van der Waals surface area contributed by atoms with Crippen LogP contribution in [0.5, 0.6) is 5.75 Å². The summed E-state index contributed by atoms with van der Waals surface area (Å²) in [6.45, 7) is 0.453. The standard InChI is InChI=1S/C22H26N4O4/c1-30-18-12-6-5-11-17(18)23-15-19(27)24-25-22(29)21(16-9-3-2-4-10-16)26-14-8-7-13-20(26)28/h2-6,9-12,21,23H,7-8,13-15H2,1H3,(H,24,27)(H,25,29). The van der Waals surface area contributed by atoms with Crippen LogP contribution in [0.25, 0.3) is 0 Å². The third-order valence-corrected chi connectivity index (χ3v) is 4.91. The molecule has 30 heavy (non-hydrogen) atoms. The lowest BCUT2D eigenvalue weighted by Gasteiger charge is -2.34. The summed E-state index contributed by atoms with van der Waals surface area (Å²) in [6, 6.07) is 15.5. The van der Waals surface area contributed by atoms with Crippen molar-refractivity contribution < 1.29 is 19.1 Å². The number of piperidine rings is 1. The molecule has 0 bridgehead atoms. The Morgan fingerprint density at radius 2 is 1.77 bits per heavy atom. The molecule has 0 spiro atoms. The van der Waals surface area contributed by atoms with E-state index in [-0.39, 0.29) is 12.5 Å². The topological polar surface area (TPSA) is 99.8 Å². The Bertz CT molecular complexity index is 888. The average Bonchev–Trinajstić information content (AvgIpc) is 2.78. The van der Waals surface area contributed by atoms with Crippen LogP contribution >= 0.6 is 0 Å². The van der Waals surface area contributed by atoms with Gasteiger partial charge in [-0.25, -0.2) is 0 Å². The van der Waals surface area contributed by atoms with Gasteiger partial charge in [-0.05, 0) is 30.5 Å². The number of methoxy groups -OCH3 is 1. The molecule has 1 saturated heterocycles. The molecule has 0 radical (unpaired) electrons. The number of amides is 3. The minimum absolute atomic E-state index is 0.0562. The fourth-order valence-corrected chi connectivity index (χ4v) is 3.42. The van der Waals surface area contributed by atoms with Crippen LogP contribution in [-0.4, -0.2) is 42.8 Å². The molecular weight excluding hydrogens is 384 g/mol. The zero-order chi connectivity index (χ0) is 21.3. The van der Waals surface area contributed by atoms with Gasteiger partial charge in [-0.15, -0.1) is 0 Å². The largest absolute Gasteiger partial charge is 0.495 e. The summed E-state index contributed by atoms with van der Waals surface area (Å²) in [5.74, 6) is -0.329. The second-order valence-electron chi connectivity index (χ2n) is 6.95. The number of para-hydroxylation sites is 2. The normalized spacial score (nSPS) is 14.6. The van der Waals surface area contributed by atoms with Crippen LogP contribution in [0.15, 0.2) is 54.6 Å². The first-order valence-electron chi connectivity index (χ1n) is 9.90. The molecule has 1 atom stereocenters. The van der Waals surface area contributed by atoms with Crippen molar-refractivity contribution in [2.75, 3.05) is 25.5 Å². The number of ether oxygens (including phenoxy) is 1. The van der Waals surface area contributed by atoms with Gasteiger partial charge in [-0.1, -0.05) is 42.5 Å². The van der Waals surface area contributed by atoms with Crippen molar-refractivity contribution in [2.45, 2.75) is 25.3 Å². The maximum absolute atomic E-state index is 12.9. The quantitative estimate of drug-likeness (QED) is 0.607. The second kappa shape index (κ2) is 10.3. The minimum Gasteiger partial charge on any atom is -0.495 e. The first-order chi connectivity index (χ1) is 14.6. The van der Waals surface area contributed by atoms with Gasteiger partial charge < -0.3 is 15.0 Å². The SMILES string of the molecule is COc1ccccc1NCC(=O)NNC(=O)C(c1ccccc1)N1CCCCC1=O. The first-order valence-corrected chi connectivity index (χ1v) is 9.90. The van der Waals surface area contributed by atoms with Crippen LogP contribution in [0, 0.1) is 0 Å². The predicted molar refractivity (Wildman–Crippen MR) is 113 cm³/mol. The second-order valence-corrected chi connectivity index (χ2v) is 6.95. The van der Waals surface area contributed by atoms with Crippen molar-refractivity contribution in [1.82, 2.24) is 15.8 Å². The third-order valence-electron chi connectivity index (χ3n) is 4.91. The Hall–Kier alpha value is -3.55. The molecule has 0 aliphatic carbocycles. The van der Waals surface area contributed by atoms with E-state index in [1.165, 1.54) is 0 Å². The van der Waals surface area contributed by atoms with Gasteiger partial charge in [0.15, 0.2) is 0 Å². The lowest BCUT2D eigenvalue weighted by Crippen LogP contribution is -2.51. The summed E-state index contributed by atoms with van der Waals surface area (Å²) in [5.41, 5.74) is 6.24. The highest BCUT2D eigenvalue weighted by molar-refractivity contribution is 5.91. The summed E-state index contributed by atoms with van der Waals surface area (Å²) >= 11 is 0. The number of nitrogens with zero attached hydrogens (tertiary/aromatic N) is 1. The number of rotatable bonds is 7. The van der Waals surface area contributed by atoms with E-state index in [0.29, 0.717) is 30.0 Å². The van der Waals surface area contributed by atoms with E-state index in [0.717, 1.165) is 12.8 Å². The van der Waals surface area contributed by atoms with Crippen LogP contribution in [0.2, 0.25) is 0 Å². The van der Waals surface area contributed by atoms with Crippen LogP contribution in [0.3, 0.4) is 0 Å². The number of likely N-dealkylation sites (tertiary alicyclic amines) is 1. The minimum atomic E-state index is -0.790. The van der Waals surface area contributed by atoms with Gasteiger partial charge >= 0.3 is 0 Å². The van der Waals surface area contributed by atoms with Gasteiger partial charge in [0.1, 0.15) is 11.8 Å². The molecular formula is C22H26N4O4. The molecule has 3 rings (SSSR count). The van der Waals surface area contributed by atoms with E-state index in [1.807, 2.05) is 30.3 Å². The molecule has 1 heterocycles. The van der Waals surface area contributed by atoms with E-state index in [9.17, 15) is 14.4 Å². The molecule has 1 aliphatic heterocycles. The molecule has 1 unspecified atom stereocenters. The molecule has 2 aromatic carbocycles. The summed E-state index contributed by atoms with van der Waals surface area (Å²) < 4.78 is 5.23. The highest BCUT2D eigenvalue weighted by atomic mass is 16.5. The highest BCUT2D eigenvalue weighted by Crippen LogP contribution is 2.25. The van der Waals surface area contributed by atoms with Crippen LogP contribution in [-0.2, 0) is 14.4 Å². The molecule has 0 saturated carbocycles. The predicted octanol–water partition coefficient (Wildman–Crippen LogP) is 2.01. The number of hydrazine groups is 1. The number of hydrogen-bond acceptors (Lipinski definition) is 5. The van der Waals surface area contributed by atoms with Crippen molar-refractivity contribution in [2.24, 2.45) is 0 Å². The Labute approximate surface area is 175 Å². The van der Waals surface area contributed by atoms with Crippen LogP contribution in [0.4, 0.5) is 5.69 Å². The summed E-state index contributed by atoms with van der Waals surface area (Å²) in [7, 11) is 1.55. The Morgan fingerprint density at radius 3 is 2.50 bits per heavy atom. The van der Waals surface area contributed by atoms with E-state index in [2.05, 4.69) is 16.2 Å². The van der Waals surface area contributed by atoms with Gasteiger partial charge in [-0.2, -0.15) is 0 Å². The number of carbonyl (C=O) groups excluding carboxylic acids is 3. The smallest absolute Gasteiger partial charge is 0.265 e. The lowest BCUT2D eigenvalue weighted by atomic mass is 10.0. The van der Waals surface area contributed by atoms with Crippen LogP contribution in [0.1, 0.15) is 30.9 Å². The maximum atomic E-state index is 12.9. The fourth-order valence-electron chi connectivity index (χ4n) is 3.42. The molecule has 158 valence electrons. The molecule has 8 heteroatoms. The molecule has 1 aliphatic rings. The van der Waals surface area contributed by atoms with Crippen molar-refractivity contribution in [3.8, 4) is 5.75 Å². The van der Waals surface area contributed by atoms with Crippen molar-refractivity contribution in [3.63, 3.8) is 0 Å². The maximum Gasteiger partial charge on any atom is 0.265 e. The van der Waals surface area contributed by atoms with E-state index in [1.54, 1.807) is 36.3 Å². The number of carbonyl (C=O) groups is 3. The van der Waals surface area contributed by atoms with Crippen molar-refractivity contribution in [3.05, 3.63) is 60.2 Å². The first kappa shape index (κ1) is 21.2. The molecule has 1 fully saturated rings. The van der Waals surface area contributed by atoms with Crippen molar-refractivity contribution >= 4 is 23.4 Å². The van der Waals surface area contributed by atoms with Gasteiger partial charge in [0.05, 0.1) is 19.3 Å². The zero-order valence-electron chi connectivity index (χ0n) is 16.9. The Balaban J connectivity index is 1.61.